The molecule has 0 saturated carbocycles. The molecule has 2 N–H and O–H groups in total. The SMILES string of the molecule is CCc1nc(CNS(=O)(=O)c2cc(C)cc(F)c2)ccc1C(=O)O. The predicted molar refractivity (Wildman–Crippen MR) is 85.7 cm³/mol. The van der Waals surface area contributed by atoms with Crippen LogP contribution in [0, 0.1) is 12.7 Å². The molecule has 0 radical (unpaired) electrons. The zero-order valence-electron chi connectivity index (χ0n) is 13.2. The van der Waals surface area contributed by atoms with E-state index < -0.39 is 21.8 Å². The third-order valence-electron chi connectivity index (χ3n) is 3.37. The number of sulfonamides is 1. The molecule has 0 spiro atoms. The quantitative estimate of drug-likeness (QED) is 0.831. The van der Waals surface area contributed by atoms with Crippen molar-refractivity contribution in [3.05, 3.63) is 58.7 Å². The van der Waals surface area contributed by atoms with Crippen molar-refractivity contribution >= 4 is 16.0 Å². The van der Waals surface area contributed by atoms with E-state index in [0.29, 0.717) is 23.4 Å². The molecular weight excluding hydrogens is 335 g/mol. The highest BCUT2D eigenvalue weighted by molar-refractivity contribution is 7.89. The van der Waals surface area contributed by atoms with E-state index in [9.17, 15) is 17.6 Å². The van der Waals surface area contributed by atoms with Gasteiger partial charge in [-0.1, -0.05) is 6.92 Å². The second kappa shape index (κ2) is 7.06. The summed E-state index contributed by atoms with van der Waals surface area (Å²) in [5.41, 5.74) is 1.34. The fourth-order valence-electron chi connectivity index (χ4n) is 2.22. The summed E-state index contributed by atoms with van der Waals surface area (Å²) < 4.78 is 40.2. The van der Waals surface area contributed by atoms with E-state index in [1.54, 1.807) is 13.8 Å². The number of carbonyl (C=O) groups is 1. The smallest absolute Gasteiger partial charge is 0.337 e. The van der Waals surface area contributed by atoms with Crippen molar-refractivity contribution in [3.63, 3.8) is 0 Å². The zero-order valence-corrected chi connectivity index (χ0v) is 14.0. The molecule has 0 bridgehead atoms. The Kier molecular flexibility index (Phi) is 5.30. The molecule has 0 atom stereocenters. The van der Waals surface area contributed by atoms with Crippen LogP contribution >= 0.6 is 0 Å². The highest BCUT2D eigenvalue weighted by Crippen LogP contribution is 2.15. The molecule has 6 nitrogen and oxygen atoms in total. The standard InChI is InChI=1S/C16H17FN2O4S/c1-3-15-14(16(20)21)5-4-12(19-15)9-18-24(22,23)13-7-10(2)6-11(17)8-13/h4-8,18H,3,9H2,1-2H3,(H,20,21). The Morgan fingerprint density at radius 1 is 1.29 bits per heavy atom. The van der Waals surface area contributed by atoms with E-state index in [2.05, 4.69) is 9.71 Å². The monoisotopic (exact) mass is 352 g/mol. The lowest BCUT2D eigenvalue weighted by Gasteiger charge is -2.09. The van der Waals surface area contributed by atoms with Crippen LogP contribution in [0.15, 0.2) is 35.2 Å². The Balaban J connectivity index is 2.22. The number of nitrogens with zero attached hydrogens (tertiary/aromatic N) is 1. The van der Waals surface area contributed by atoms with Crippen LogP contribution in [0.25, 0.3) is 0 Å². The van der Waals surface area contributed by atoms with Crippen LogP contribution in [0.2, 0.25) is 0 Å². The molecule has 0 fully saturated rings. The third kappa shape index (κ3) is 4.15. The topological polar surface area (TPSA) is 96.4 Å². The lowest BCUT2D eigenvalue weighted by Crippen LogP contribution is -2.24. The van der Waals surface area contributed by atoms with Crippen LogP contribution in [-0.2, 0) is 23.0 Å². The summed E-state index contributed by atoms with van der Waals surface area (Å²) in [6, 6.07) is 6.38. The van der Waals surface area contributed by atoms with E-state index in [0.717, 1.165) is 6.07 Å². The Morgan fingerprint density at radius 2 is 2.00 bits per heavy atom. The molecular formula is C16H17FN2O4S. The molecule has 1 heterocycles. The van der Waals surface area contributed by atoms with Gasteiger partial charge in [0.25, 0.3) is 0 Å². The molecule has 2 rings (SSSR count). The van der Waals surface area contributed by atoms with Gasteiger partial charge in [-0.15, -0.1) is 0 Å². The first kappa shape index (κ1) is 18.0. The molecule has 1 aromatic heterocycles. The first-order valence-corrected chi connectivity index (χ1v) is 8.70. The third-order valence-corrected chi connectivity index (χ3v) is 4.75. The summed E-state index contributed by atoms with van der Waals surface area (Å²) in [4.78, 5) is 15.1. The highest BCUT2D eigenvalue weighted by Gasteiger charge is 2.17. The van der Waals surface area contributed by atoms with Gasteiger partial charge in [0, 0.05) is 0 Å². The second-order valence-corrected chi connectivity index (χ2v) is 7.01. The molecule has 0 aliphatic rings. The number of rotatable bonds is 6. The summed E-state index contributed by atoms with van der Waals surface area (Å²) in [6.45, 7) is 3.24. The van der Waals surface area contributed by atoms with Gasteiger partial charge in [0.15, 0.2) is 0 Å². The minimum atomic E-state index is -3.90. The van der Waals surface area contributed by atoms with Crippen molar-refractivity contribution in [2.75, 3.05) is 0 Å². The average Bonchev–Trinajstić information content (AvgIpc) is 2.51. The summed E-state index contributed by atoms with van der Waals surface area (Å²) in [5.74, 6) is -1.71. The normalized spacial score (nSPS) is 11.5. The number of halogens is 1. The fraction of sp³-hybridized carbons (Fsp3) is 0.250. The number of nitrogens with one attached hydrogen (secondary N) is 1. The van der Waals surface area contributed by atoms with Crippen LogP contribution in [0.4, 0.5) is 4.39 Å². The molecule has 8 heteroatoms. The lowest BCUT2D eigenvalue weighted by atomic mass is 10.1. The van der Waals surface area contributed by atoms with Gasteiger partial charge in [-0.25, -0.2) is 22.3 Å². The average molecular weight is 352 g/mol. The number of aromatic nitrogens is 1. The van der Waals surface area contributed by atoms with Gasteiger partial charge in [-0.05, 0) is 49.2 Å². The fourth-order valence-corrected chi connectivity index (χ4v) is 3.33. The van der Waals surface area contributed by atoms with Crippen molar-refractivity contribution in [3.8, 4) is 0 Å². The maximum Gasteiger partial charge on any atom is 0.337 e. The van der Waals surface area contributed by atoms with E-state index in [4.69, 9.17) is 5.11 Å². The Bertz CT molecular complexity index is 861. The maximum absolute atomic E-state index is 13.4. The van der Waals surface area contributed by atoms with Gasteiger partial charge in [-0.3, -0.25) is 4.98 Å². The van der Waals surface area contributed by atoms with E-state index >= 15 is 0 Å². The van der Waals surface area contributed by atoms with Crippen molar-refractivity contribution < 1.29 is 22.7 Å². The van der Waals surface area contributed by atoms with Crippen LogP contribution in [-0.4, -0.2) is 24.5 Å². The summed E-state index contributed by atoms with van der Waals surface area (Å²) in [7, 11) is -3.90. The Labute approximate surface area is 139 Å². The zero-order chi connectivity index (χ0) is 17.9. The van der Waals surface area contributed by atoms with E-state index in [-0.39, 0.29) is 17.0 Å². The molecule has 0 amide bonds. The van der Waals surface area contributed by atoms with Crippen molar-refractivity contribution in [1.82, 2.24) is 9.71 Å². The van der Waals surface area contributed by atoms with E-state index in [1.165, 1.54) is 24.3 Å². The maximum atomic E-state index is 13.4. The highest BCUT2D eigenvalue weighted by atomic mass is 32.2. The van der Waals surface area contributed by atoms with Gasteiger partial charge >= 0.3 is 5.97 Å². The van der Waals surface area contributed by atoms with Crippen molar-refractivity contribution in [2.45, 2.75) is 31.7 Å². The van der Waals surface area contributed by atoms with Gasteiger partial charge in [0.1, 0.15) is 5.82 Å². The molecule has 0 aliphatic carbocycles. The first-order chi connectivity index (χ1) is 11.2. The van der Waals surface area contributed by atoms with E-state index in [1.807, 2.05) is 0 Å². The first-order valence-electron chi connectivity index (χ1n) is 7.22. The molecule has 0 aliphatic heterocycles. The Hall–Kier alpha value is -2.32. The van der Waals surface area contributed by atoms with Crippen LogP contribution < -0.4 is 4.72 Å². The molecule has 24 heavy (non-hydrogen) atoms. The number of carboxylic acid groups (broad SMARTS) is 1. The number of hydrogen-bond acceptors (Lipinski definition) is 4. The molecule has 0 saturated heterocycles. The second-order valence-electron chi connectivity index (χ2n) is 5.24. The van der Waals surface area contributed by atoms with Gasteiger partial charge in [-0.2, -0.15) is 0 Å². The minimum absolute atomic E-state index is 0.0878. The number of hydrogen-bond donors (Lipinski definition) is 2. The largest absolute Gasteiger partial charge is 0.478 e. The number of aromatic carboxylic acids is 1. The summed E-state index contributed by atoms with van der Waals surface area (Å²) in [5, 5.41) is 9.06. The van der Waals surface area contributed by atoms with Crippen molar-refractivity contribution in [1.29, 1.82) is 0 Å². The summed E-state index contributed by atoms with van der Waals surface area (Å²) >= 11 is 0. The number of benzene rings is 1. The van der Waals surface area contributed by atoms with Crippen LogP contribution in [0.1, 0.15) is 34.2 Å². The van der Waals surface area contributed by atoms with Gasteiger partial charge in [0.2, 0.25) is 10.0 Å². The van der Waals surface area contributed by atoms with Gasteiger partial charge in [0.05, 0.1) is 28.4 Å². The Morgan fingerprint density at radius 3 is 2.58 bits per heavy atom. The number of pyridine rings is 1. The molecule has 1 aromatic carbocycles. The minimum Gasteiger partial charge on any atom is -0.478 e. The van der Waals surface area contributed by atoms with Crippen LogP contribution in [0.3, 0.4) is 0 Å². The molecule has 128 valence electrons. The number of aryl methyl sites for hydroxylation is 2. The summed E-state index contributed by atoms with van der Waals surface area (Å²) in [6.07, 6.45) is 0.408. The van der Waals surface area contributed by atoms with Crippen LogP contribution in [0.5, 0.6) is 0 Å². The lowest BCUT2D eigenvalue weighted by molar-refractivity contribution is 0.0695. The molecule has 2 aromatic rings. The number of carboxylic acids is 1. The van der Waals surface area contributed by atoms with Crippen molar-refractivity contribution in [2.24, 2.45) is 0 Å². The van der Waals surface area contributed by atoms with Gasteiger partial charge < -0.3 is 5.11 Å². The predicted octanol–water partition coefficient (Wildman–Crippen LogP) is 2.27. The molecule has 0 unspecified atom stereocenters.